The van der Waals surface area contributed by atoms with Gasteiger partial charge in [0.25, 0.3) is 0 Å². The van der Waals surface area contributed by atoms with Crippen LogP contribution in [0.25, 0.3) is 0 Å². The highest BCUT2D eigenvalue weighted by atomic mass is 28.4. The Kier molecular flexibility index (Phi) is 16.0. The summed E-state index contributed by atoms with van der Waals surface area (Å²) in [5.41, 5.74) is 0.884. The van der Waals surface area contributed by atoms with Crippen molar-refractivity contribution in [2.75, 3.05) is 7.11 Å². The van der Waals surface area contributed by atoms with Gasteiger partial charge in [0.15, 0.2) is 16.6 Å². The molecule has 1 fully saturated rings. The Morgan fingerprint density at radius 3 is 1.94 bits per heavy atom. The lowest BCUT2D eigenvalue weighted by Gasteiger charge is -2.40. The average molecular weight is 692 g/mol. The maximum absolute atomic E-state index is 12.3. The summed E-state index contributed by atoms with van der Waals surface area (Å²) in [6.07, 6.45) is 7.31. The predicted molar refractivity (Wildman–Crippen MR) is 196 cm³/mol. The van der Waals surface area contributed by atoms with E-state index in [4.69, 9.17) is 18.3 Å². The van der Waals surface area contributed by atoms with Crippen molar-refractivity contribution in [3.63, 3.8) is 0 Å². The number of unbranched alkanes of at least 4 members (excludes halogenated alkanes) is 3. The van der Waals surface area contributed by atoms with E-state index in [1.54, 1.807) is 0 Å². The van der Waals surface area contributed by atoms with Gasteiger partial charge < -0.3 is 23.4 Å². The molecule has 1 saturated carbocycles. The molecular weight excluding hydrogens is 627 g/mol. The van der Waals surface area contributed by atoms with Gasteiger partial charge in [-0.1, -0.05) is 91.1 Å². The first-order valence-electron chi connectivity index (χ1n) is 17.6. The Bertz CT molecular complexity index is 1130. The molecule has 268 valence electrons. The first kappa shape index (κ1) is 41.3. The number of ether oxygens (including phenoxy) is 2. The summed E-state index contributed by atoms with van der Waals surface area (Å²) in [5.74, 6) is 0.349. The minimum Gasteiger partial charge on any atom is -0.469 e. The largest absolute Gasteiger partial charge is 0.469 e. The molecular formula is C37H65NO7Si2. The van der Waals surface area contributed by atoms with Gasteiger partial charge in [0.1, 0.15) is 6.61 Å². The van der Waals surface area contributed by atoms with Gasteiger partial charge in [0.05, 0.1) is 25.4 Å². The number of amides is 1. The van der Waals surface area contributed by atoms with Crippen LogP contribution in [0.2, 0.25) is 36.3 Å². The van der Waals surface area contributed by atoms with Crippen LogP contribution in [0.5, 0.6) is 0 Å². The number of esters is 1. The number of hydrogen-bond acceptors (Lipinski definition) is 7. The molecule has 0 spiro atoms. The van der Waals surface area contributed by atoms with Crippen LogP contribution in [0.3, 0.4) is 0 Å². The third-order valence-electron chi connectivity index (χ3n) is 10.7. The van der Waals surface area contributed by atoms with Gasteiger partial charge in [-0.2, -0.15) is 4.99 Å². The Labute approximate surface area is 287 Å². The van der Waals surface area contributed by atoms with E-state index in [1.165, 1.54) is 13.3 Å². The van der Waals surface area contributed by atoms with Crippen molar-refractivity contribution in [1.29, 1.82) is 0 Å². The minimum atomic E-state index is -2.09. The zero-order valence-electron chi connectivity index (χ0n) is 31.3. The number of nitrogens with zero attached hydrogens (tertiary/aromatic N) is 1. The third kappa shape index (κ3) is 13.5. The van der Waals surface area contributed by atoms with Crippen molar-refractivity contribution in [3.8, 4) is 0 Å². The number of rotatable bonds is 17. The molecule has 1 amide bonds. The van der Waals surface area contributed by atoms with E-state index >= 15 is 0 Å². The molecule has 0 bridgehead atoms. The van der Waals surface area contributed by atoms with Gasteiger partial charge in [-0.25, -0.2) is 4.79 Å². The highest BCUT2D eigenvalue weighted by molar-refractivity contribution is 6.74. The van der Waals surface area contributed by atoms with Crippen LogP contribution < -0.4 is 0 Å². The molecule has 0 aliphatic heterocycles. The lowest BCUT2D eigenvalue weighted by molar-refractivity contribution is -0.140. The Morgan fingerprint density at radius 2 is 1.40 bits per heavy atom. The smallest absolute Gasteiger partial charge is 0.433 e. The van der Waals surface area contributed by atoms with Crippen LogP contribution in [0.15, 0.2) is 35.3 Å². The van der Waals surface area contributed by atoms with Gasteiger partial charge in [0.2, 0.25) is 0 Å². The van der Waals surface area contributed by atoms with Crippen LogP contribution in [0, 0.1) is 11.8 Å². The lowest BCUT2D eigenvalue weighted by Crippen LogP contribution is -2.45. The molecule has 1 aromatic rings. The molecule has 8 nitrogen and oxygen atoms in total. The highest BCUT2D eigenvalue weighted by Gasteiger charge is 2.51. The fourth-order valence-corrected chi connectivity index (χ4v) is 8.52. The molecule has 0 heterocycles. The summed E-state index contributed by atoms with van der Waals surface area (Å²) in [7, 11) is -2.72. The van der Waals surface area contributed by atoms with E-state index in [0.717, 1.165) is 50.5 Å². The van der Waals surface area contributed by atoms with E-state index in [-0.39, 0.29) is 40.8 Å². The highest BCUT2D eigenvalue weighted by Crippen LogP contribution is 2.49. The van der Waals surface area contributed by atoms with Gasteiger partial charge in [-0.05, 0) is 85.8 Å². The van der Waals surface area contributed by atoms with Crippen molar-refractivity contribution < 1.29 is 33.0 Å². The predicted octanol–water partition coefficient (Wildman–Crippen LogP) is 9.47. The normalized spacial score (nSPS) is 21.6. The molecule has 1 aromatic carbocycles. The van der Waals surface area contributed by atoms with Gasteiger partial charge in [0, 0.05) is 12.6 Å². The van der Waals surface area contributed by atoms with Crippen LogP contribution in [-0.2, 0) is 29.7 Å². The number of carbonyl (C=O) groups is 2. The van der Waals surface area contributed by atoms with E-state index in [9.17, 15) is 14.7 Å². The Hall–Kier alpha value is -1.86. The molecule has 0 aromatic heterocycles. The van der Waals surface area contributed by atoms with E-state index < -0.39 is 28.8 Å². The number of methoxy groups -OCH3 is 1. The number of aliphatic imine (C=N–C) groups is 1. The first-order chi connectivity index (χ1) is 21.8. The number of hydrogen-bond donors (Lipinski definition) is 1. The lowest BCUT2D eigenvalue weighted by atomic mass is 9.85. The Morgan fingerprint density at radius 1 is 0.872 bits per heavy atom. The summed E-state index contributed by atoms with van der Waals surface area (Å²) >= 11 is 0. The summed E-state index contributed by atoms with van der Waals surface area (Å²) in [5, 5.41) is 11.1. The molecule has 10 heteroatoms. The van der Waals surface area contributed by atoms with Crippen molar-refractivity contribution in [2.24, 2.45) is 16.8 Å². The molecule has 5 atom stereocenters. The molecule has 2 rings (SSSR count). The van der Waals surface area contributed by atoms with Gasteiger partial charge in [-0.3, -0.25) is 4.79 Å². The number of benzene rings is 1. The third-order valence-corrected chi connectivity index (χ3v) is 19.7. The second-order valence-corrected chi connectivity index (χ2v) is 25.9. The topological polar surface area (TPSA) is 104 Å². The Balaban J connectivity index is 2.21. The fraction of sp³-hybridized carbons (Fsp3) is 0.757. The van der Waals surface area contributed by atoms with Crippen molar-refractivity contribution in [2.45, 2.75) is 161 Å². The van der Waals surface area contributed by atoms with E-state index in [2.05, 4.69) is 72.7 Å². The summed E-state index contributed by atoms with van der Waals surface area (Å²) in [6.45, 7) is 23.1. The zero-order valence-corrected chi connectivity index (χ0v) is 33.3. The monoisotopic (exact) mass is 691 g/mol. The van der Waals surface area contributed by atoms with Crippen molar-refractivity contribution in [3.05, 3.63) is 35.9 Å². The average Bonchev–Trinajstić information content (AvgIpc) is 3.28. The van der Waals surface area contributed by atoms with Crippen LogP contribution in [0.4, 0.5) is 4.79 Å². The molecule has 1 aliphatic rings. The van der Waals surface area contributed by atoms with Crippen LogP contribution in [0.1, 0.15) is 105 Å². The number of carbonyl (C=O) groups excluding carboxylic acids is 2. The number of aliphatic hydroxyl groups is 1. The molecule has 1 N–H and O–H groups in total. The van der Waals surface area contributed by atoms with Gasteiger partial charge in [-0.15, -0.1) is 0 Å². The molecule has 3 unspecified atom stereocenters. The summed E-state index contributed by atoms with van der Waals surface area (Å²) in [6, 6.07) is 9.46. The van der Waals surface area contributed by atoms with Crippen LogP contribution >= 0.6 is 0 Å². The second-order valence-electron chi connectivity index (χ2n) is 16.4. The van der Waals surface area contributed by atoms with E-state index in [0.29, 0.717) is 18.8 Å². The number of aliphatic hydroxyl groups excluding tert-OH is 1. The zero-order chi connectivity index (χ0) is 35.5. The van der Waals surface area contributed by atoms with Crippen molar-refractivity contribution in [1.82, 2.24) is 0 Å². The van der Waals surface area contributed by atoms with Crippen LogP contribution in [-0.4, -0.2) is 65.4 Å². The van der Waals surface area contributed by atoms with Crippen molar-refractivity contribution >= 4 is 34.9 Å². The first-order valence-corrected chi connectivity index (χ1v) is 23.4. The summed E-state index contributed by atoms with van der Waals surface area (Å²) < 4.78 is 24.4. The maximum Gasteiger partial charge on any atom is 0.433 e. The standard InChI is InChI=1S/C37H65NO7Si2/c1-36(2,3)46(8,9)44-32-25-33(45-47(10,11)37(4,5)6)31(30(32)21-17-12-13-18-22-34(40)42-7)24-23-29(39)26-38-35(41)43-27-28-19-15-14-16-20-28/h14-16,19-20,26,29-33,39H,12-13,17-18,21-25,27H2,1-11H3/t29?,30-,31-,32?,33?/m1/s1. The molecule has 1 aliphatic carbocycles. The molecule has 47 heavy (non-hydrogen) atoms. The minimum absolute atomic E-state index is 0.0370. The fourth-order valence-electron chi connectivity index (χ4n) is 5.76. The SMILES string of the molecule is COC(=O)CCCCCC[C@H]1C(O[Si](C)(C)C(C)(C)C)CC(O[Si](C)(C)C(C)(C)C)[C@@H]1CCC(O)C=NC(=O)OCc1ccccc1. The quantitative estimate of drug-likeness (QED) is 0.0751. The van der Waals surface area contributed by atoms with Gasteiger partial charge >= 0.3 is 12.1 Å². The van der Waals surface area contributed by atoms with E-state index in [1.807, 2.05) is 30.3 Å². The maximum atomic E-state index is 12.3. The molecule has 0 saturated heterocycles. The second kappa shape index (κ2) is 18.2. The summed E-state index contributed by atoms with van der Waals surface area (Å²) in [4.78, 5) is 27.7. The molecule has 0 radical (unpaired) electrons.